The highest BCUT2D eigenvalue weighted by Crippen LogP contribution is 2.45. The van der Waals surface area contributed by atoms with Crippen LogP contribution in [0.4, 0.5) is 0 Å². The molecule has 72 valence electrons. The lowest BCUT2D eigenvalue weighted by molar-refractivity contribution is 0.171. The Hall–Kier alpha value is -0.0800. The van der Waals surface area contributed by atoms with Gasteiger partial charge in [0.2, 0.25) is 0 Å². The van der Waals surface area contributed by atoms with Gasteiger partial charge in [0.15, 0.2) is 0 Å². The highest BCUT2D eigenvalue weighted by molar-refractivity contribution is 4.98. The fraction of sp³-hybridized carbons (Fsp3) is 1.00. The van der Waals surface area contributed by atoms with Crippen molar-refractivity contribution in [1.82, 2.24) is 0 Å². The van der Waals surface area contributed by atoms with Gasteiger partial charge in [0.25, 0.3) is 0 Å². The van der Waals surface area contributed by atoms with Crippen molar-refractivity contribution < 1.29 is 9.84 Å². The molecule has 0 aliphatic carbocycles. The van der Waals surface area contributed by atoms with Crippen molar-refractivity contribution in [2.45, 2.75) is 52.2 Å². The molecular formula is C10H20O2. The molecule has 0 bridgehead atoms. The van der Waals surface area contributed by atoms with Crippen LogP contribution in [-0.4, -0.2) is 23.9 Å². The third kappa shape index (κ3) is 1.50. The molecule has 1 saturated heterocycles. The number of ether oxygens (including phenoxy) is 1. The van der Waals surface area contributed by atoms with Crippen LogP contribution in [0, 0.1) is 5.41 Å². The first-order chi connectivity index (χ1) is 5.74. The molecule has 1 rings (SSSR count). The highest BCUT2D eigenvalue weighted by atomic mass is 16.6. The van der Waals surface area contributed by atoms with Crippen molar-refractivity contribution in [2.24, 2.45) is 5.41 Å². The summed E-state index contributed by atoms with van der Waals surface area (Å²) in [4.78, 5) is 0. The van der Waals surface area contributed by atoms with Crippen LogP contribution in [0.1, 0.15) is 40.0 Å². The Balaban J connectivity index is 2.55. The minimum absolute atomic E-state index is 0.129. The third-order valence-corrected chi connectivity index (χ3v) is 3.48. The molecular weight excluding hydrogens is 152 g/mol. The predicted octanol–water partition coefficient (Wildman–Crippen LogP) is 1.96. The van der Waals surface area contributed by atoms with Gasteiger partial charge in [-0.05, 0) is 24.7 Å². The van der Waals surface area contributed by atoms with Gasteiger partial charge in [0.05, 0.1) is 12.7 Å². The van der Waals surface area contributed by atoms with E-state index in [0.717, 1.165) is 19.3 Å². The number of hydrogen-bond acceptors (Lipinski definition) is 2. The maximum Gasteiger partial charge on any atom is 0.108 e. The van der Waals surface area contributed by atoms with Crippen LogP contribution in [-0.2, 0) is 4.74 Å². The molecule has 1 heterocycles. The molecule has 1 aliphatic heterocycles. The molecule has 0 spiro atoms. The lowest BCUT2D eigenvalue weighted by Crippen LogP contribution is -2.27. The Morgan fingerprint density at radius 1 is 1.17 bits per heavy atom. The highest BCUT2D eigenvalue weighted by Gasteiger charge is 2.51. The molecule has 0 radical (unpaired) electrons. The van der Waals surface area contributed by atoms with E-state index in [-0.39, 0.29) is 12.7 Å². The van der Waals surface area contributed by atoms with Crippen LogP contribution in [0.3, 0.4) is 0 Å². The molecule has 0 aromatic heterocycles. The Kier molecular flexibility index (Phi) is 3.13. The maximum atomic E-state index is 8.90. The first-order valence-corrected chi connectivity index (χ1v) is 5.00. The number of epoxide rings is 1. The van der Waals surface area contributed by atoms with Gasteiger partial charge in [0, 0.05) is 0 Å². The Bertz CT molecular complexity index is 133. The molecule has 0 aromatic rings. The molecule has 2 heteroatoms. The van der Waals surface area contributed by atoms with E-state index in [2.05, 4.69) is 20.8 Å². The summed E-state index contributed by atoms with van der Waals surface area (Å²) >= 11 is 0. The number of hydrogen-bond donors (Lipinski definition) is 1. The van der Waals surface area contributed by atoms with Gasteiger partial charge in [0.1, 0.15) is 6.10 Å². The molecule has 0 aromatic carbocycles. The summed E-state index contributed by atoms with van der Waals surface area (Å²) in [6.45, 7) is 6.82. The van der Waals surface area contributed by atoms with Crippen molar-refractivity contribution >= 4 is 0 Å². The molecule has 2 nitrogen and oxygen atoms in total. The predicted molar refractivity (Wildman–Crippen MR) is 49.1 cm³/mol. The van der Waals surface area contributed by atoms with Gasteiger partial charge < -0.3 is 9.84 Å². The zero-order valence-electron chi connectivity index (χ0n) is 8.34. The van der Waals surface area contributed by atoms with Gasteiger partial charge in [-0.15, -0.1) is 0 Å². The SMILES string of the molecule is CCC(CC)(CC)C1OC1CO. The average molecular weight is 172 g/mol. The van der Waals surface area contributed by atoms with Gasteiger partial charge in [-0.3, -0.25) is 0 Å². The summed E-state index contributed by atoms with van der Waals surface area (Å²) in [5.41, 5.74) is 0.327. The minimum Gasteiger partial charge on any atom is -0.394 e. The van der Waals surface area contributed by atoms with E-state index in [1.54, 1.807) is 0 Å². The van der Waals surface area contributed by atoms with E-state index >= 15 is 0 Å². The molecule has 2 unspecified atom stereocenters. The average Bonchev–Trinajstić information content (AvgIpc) is 2.89. The van der Waals surface area contributed by atoms with Crippen LogP contribution >= 0.6 is 0 Å². The van der Waals surface area contributed by atoms with E-state index in [9.17, 15) is 0 Å². The number of rotatable bonds is 5. The zero-order valence-corrected chi connectivity index (χ0v) is 8.34. The summed E-state index contributed by atoms with van der Waals surface area (Å²) in [5, 5.41) is 8.90. The molecule has 2 atom stereocenters. The molecule has 0 saturated carbocycles. The number of aliphatic hydroxyl groups excluding tert-OH is 1. The Morgan fingerprint density at radius 2 is 1.67 bits per heavy atom. The largest absolute Gasteiger partial charge is 0.394 e. The molecule has 1 N–H and O–H groups in total. The minimum atomic E-state index is 0.129. The second-order valence-corrected chi connectivity index (χ2v) is 3.70. The number of aliphatic hydroxyl groups is 1. The summed E-state index contributed by atoms with van der Waals surface area (Å²) in [6, 6.07) is 0. The van der Waals surface area contributed by atoms with Crippen molar-refractivity contribution in [2.75, 3.05) is 6.61 Å². The first kappa shape index (κ1) is 10.0. The van der Waals surface area contributed by atoms with Crippen LogP contribution in [0.5, 0.6) is 0 Å². The summed E-state index contributed by atoms with van der Waals surface area (Å²) in [6.07, 6.45) is 3.91. The molecule has 0 amide bonds. The molecule has 12 heavy (non-hydrogen) atoms. The quantitative estimate of drug-likeness (QED) is 0.643. The van der Waals surface area contributed by atoms with Crippen LogP contribution in [0.2, 0.25) is 0 Å². The summed E-state index contributed by atoms with van der Waals surface area (Å²) in [5.74, 6) is 0. The van der Waals surface area contributed by atoms with Crippen molar-refractivity contribution in [3.63, 3.8) is 0 Å². The van der Waals surface area contributed by atoms with E-state index in [1.165, 1.54) is 0 Å². The van der Waals surface area contributed by atoms with Gasteiger partial charge >= 0.3 is 0 Å². The summed E-state index contributed by atoms with van der Waals surface area (Å²) < 4.78 is 5.45. The monoisotopic (exact) mass is 172 g/mol. The maximum absolute atomic E-state index is 8.90. The van der Waals surface area contributed by atoms with Crippen LogP contribution in [0.25, 0.3) is 0 Å². The van der Waals surface area contributed by atoms with E-state index < -0.39 is 0 Å². The standard InChI is InChI=1S/C10H20O2/c1-4-10(5-2,6-3)9-8(7-11)12-9/h8-9,11H,4-7H2,1-3H3. The smallest absolute Gasteiger partial charge is 0.108 e. The van der Waals surface area contributed by atoms with Crippen LogP contribution < -0.4 is 0 Å². The normalized spacial score (nSPS) is 29.0. The van der Waals surface area contributed by atoms with E-state index in [1.807, 2.05) is 0 Å². The van der Waals surface area contributed by atoms with Crippen LogP contribution in [0.15, 0.2) is 0 Å². The lowest BCUT2D eigenvalue weighted by Gasteiger charge is -2.28. The third-order valence-electron chi connectivity index (χ3n) is 3.48. The van der Waals surface area contributed by atoms with Crippen molar-refractivity contribution in [3.8, 4) is 0 Å². The van der Waals surface area contributed by atoms with E-state index in [0.29, 0.717) is 11.5 Å². The van der Waals surface area contributed by atoms with Gasteiger partial charge in [-0.25, -0.2) is 0 Å². The fourth-order valence-corrected chi connectivity index (χ4v) is 2.17. The zero-order chi connectivity index (χ0) is 9.19. The van der Waals surface area contributed by atoms with E-state index in [4.69, 9.17) is 9.84 Å². The van der Waals surface area contributed by atoms with Gasteiger partial charge in [-0.1, -0.05) is 20.8 Å². The Morgan fingerprint density at radius 3 is 1.92 bits per heavy atom. The topological polar surface area (TPSA) is 32.8 Å². The Labute approximate surface area is 74.9 Å². The van der Waals surface area contributed by atoms with Crippen molar-refractivity contribution in [1.29, 1.82) is 0 Å². The first-order valence-electron chi connectivity index (χ1n) is 5.00. The second kappa shape index (κ2) is 3.75. The van der Waals surface area contributed by atoms with Crippen molar-refractivity contribution in [3.05, 3.63) is 0 Å². The fourth-order valence-electron chi connectivity index (χ4n) is 2.17. The van der Waals surface area contributed by atoms with Gasteiger partial charge in [-0.2, -0.15) is 0 Å². The molecule has 1 aliphatic rings. The molecule has 1 fully saturated rings. The summed E-state index contributed by atoms with van der Waals surface area (Å²) in [7, 11) is 0. The second-order valence-electron chi connectivity index (χ2n) is 3.70. The lowest BCUT2D eigenvalue weighted by atomic mass is 9.76.